The molecule has 0 unspecified atom stereocenters. The highest BCUT2D eigenvalue weighted by molar-refractivity contribution is 8.32. The topological polar surface area (TPSA) is 0 Å². The van der Waals surface area contributed by atoms with Gasteiger partial charge in [0, 0.05) is 4.90 Å². The molecule has 8 aromatic rings. The van der Waals surface area contributed by atoms with Gasteiger partial charge in [0.15, 0.2) is 0 Å². The molecule has 8 rings (SSSR count). The van der Waals surface area contributed by atoms with Crippen molar-refractivity contribution in [1.29, 1.82) is 0 Å². The van der Waals surface area contributed by atoms with Crippen LogP contribution in [0.5, 0.6) is 0 Å². The number of hydrogen-bond acceptors (Lipinski definition) is 1. The fourth-order valence-electron chi connectivity index (χ4n) is 6.90. The Bertz CT molecular complexity index is 2410. The Morgan fingerprint density at radius 2 is 1.07 bits per heavy atom. The quantitative estimate of drug-likeness (QED) is 0.110. The lowest BCUT2D eigenvalue weighted by atomic mass is 9.83. The normalized spacial score (nSPS) is 12.5. The van der Waals surface area contributed by atoms with Crippen molar-refractivity contribution in [1.82, 2.24) is 0 Å². The van der Waals surface area contributed by atoms with Gasteiger partial charge in [0.05, 0.1) is 0 Å². The Kier molecular flexibility index (Phi) is 6.48. The summed E-state index contributed by atoms with van der Waals surface area (Å²) in [5, 5.41) is 13.0. The van der Waals surface area contributed by atoms with Crippen molar-refractivity contribution in [2.24, 2.45) is 0 Å². The summed E-state index contributed by atoms with van der Waals surface area (Å²) in [6.45, 7) is 0. The second-order valence-electron chi connectivity index (χ2n) is 12.5. The molecule has 0 amide bonds. The van der Waals surface area contributed by atoms with Crippen LogP contribution in [0.1, 0.15) is 0 Å². The van der Waals surface area contributed by atoms with Crippen molar-refractivity contribution in [3.63, 3.8) is 0 Å². The molecule has 2 heteroatoms. The minimum atomic E-state index is -0.936. The molecule has 214 valence electrons. The molecule has 0 aliphatic heterocycles. The summed E-state index contributed by atoms with van der Waals surface area (Å²) in [7, 11) is -0.936. The summed E-state index contributed by atoms with van der Waals surface area (Å²) in [6.07, 6.45) is 9.37. The van der Waals surface area contributed by atoms with Gasteiger partial charge in [-0.3, -0.25) is 0 Å². The maximum absolute atomic E-state index is 2.50. The first-order valence-electron chi connectivity index (χ1n) is 15.1. The maximum atomic E-state index is 2.50. The van der Waals surface area contributed by atoms with Gasteiger partial charge in [-0.05, 0) is 142 Å². The van der Waals surface area contributed by atoms with Gasteiger partial charge < -0.3 is 0 Å². The second-order valence-corrected chi connectivity index (χ2v) is 17.5. The molecule has 0 aromatic heterocycles. The fraction of sp³-hybridized carbons (Fsp3) is 0.0952. The maximum Gasteiger partial charge on any atom is 0.00757 e. The SMILES string of the molecule is CSc1ccc2c(-c3ccc4ccccc4c3)c3cc(S(C)(C)C)ccc3c(-c3cc4ccccc4c4ccccc34)c2c1. The Morgan fingerprint density at radius 1 is 0.432 bits per heavy atom. The van der Waals surface area contributed by atoms with Crippen LogP contribution < -0.4 is 0 Å². The summed E-state index contributed by atoms with van der Waals surface area (Å²) in [4.78, 5) is 2.71. The van der Waals surface area contributed by atoms with E-state index in [1.54, 1.807) is 0 Å². The summed E-state index contributed by atoms with van der Waals surface area (Å²) in [6, 6.07) is 50.3. The molecule has 0 bridgehead atoms. The van der Waals surface area contributed by atoms with Crippen LogP contribution in [0.25, 0.3) is 76.1 Å². The summed E-state index contributed by atoms with van der Waals surface area (Å²) < 4.78 is 0. The first-order valence-corrected chi connectivity index (χ1v) is 19.1. The largest absolute Gasteiger partial charge is 0.223 e. The Morgan fingerprint density at radius 3 is 1.84 bits per heavy atom. The van der Waals surface area contributed by atoms with Crippen molar-refractivity contribution in [3.05, 3.63) is 133 Å². The van der Waals surface area contributed by atoms with Crippen molar-refractivity contribution in [3.8, 4) is 22.3 Å². The summed E-state index contributed by atoms with van der Waals surface area (Å²) >= 11 is 1.81. The molecule has 0 saturated carbocycles. The van der Waals surface area contributed by atoms with E-state index in [4.69, 9.17) is 0 Å². The van der Waals surface area contributed by atoms with Crippen LogP contribution in [0.2, 0.25) is 0 Å². The van der Waals surface area contributed by atoms with Crippen molar-refractivity contribution >= 4 is 75.7 Å². The molecule has 0 aliphatic rings. The van der Waals surface area contributed by atoms with Gasteiger partial charge in [-0.25, -0.2) is 10.0 Å². The molecule has 0 N–H and O–H groups in total. The van der Waals surface area contributed by atoms with Gasteiger partial charge in [0.1, 0.15) is 0 Å². The Hall–Kier alpha value is -4.24. The number of rotatable bonds is 4. The molecule has 0 nitrogen and oxygen atoms in total. The average Bonchev–Trinajstić information content (AvgIpc) is 3.05. The minimum Gasteiger partial charge on any atom is -0.223 e. The molecular formula is C42H34S2. The Labute approximate surface area is 265 Å². The standard InChI is InChI=1S/C42H34S2/c1-43-31-19-21-36-39(25-31)42(38-24-29-13-7-8-14-33(29)34-15-9-10-16-35(34)38)37-22-20-32(44(2,3)4)26-40(37)41(36)30-18-17-27-11-5-6-12-28(27)23-30/h5-26H,1-4H3. The highest BCUT2D eigenvalue weighted by atomic mass is 32.3. The van der Waals surface area contributed by atoms with E-state index in [0.29, 0.717) is 0 Å². The molecular weight excluding hydrogens is 569 g/mol. The lowest BCUT2D eigenvalue weighted by Crippen LogP contribution is -1.96. The average molecular weight is 603 g/mol. The molecule has 0 atom stereocenters. The third-order valence-electron chi connectivity index (χ3n) is 9.08. The van der Waals surface area contributed by atoms with Crippen LogP contribution >= 0.6 is 21.8 Å². The molecule has 8 aromatic carbocycles. The van der Waals surface area contributed by atoms with Crippen LogP contribution in [0.3, 0.4) is 0 Å². The first kappa shape index (κ1) is 27.3. The van der Waals surface area contributed by atoms with Crippen LogP contribution in [0, 0.1) is 0 Å². The van der Waals surface area contributed by atoms with Crippen molar-refractivity contribution < 1.29 is 0 Å². The zero-order valence-electron chi connectivity index (χ0n) is 25.5. The van der Waals surface area contributed by atoms with Crippen LogP contribution in [-0.4, -0.2) is 25.0 Å². The highest BCUT2D eigenvalue weighted by Crippen LogP contribution is 2.51. The van der Waals surface area contributed by atoms with Crippen molar-refractivity contribution in [2.75, 3.05) is 25.0 Å². The van der Waals surface area contributed by atoms with Crippen LogP contribution in [0.4, 0.5) is 0 Å². The lowest BCUT2D eigenvalue weighted by molar-refractivity contribution is 1.47. The van der Waals surface area contributed by atoms with E-state index in [-0.39, 0.29) is 0 Å². The van der Waals surface area contributed by atoms with Gasteiger partial charge in [0.25, 0.3) is 0 Å². The summed E-state index contributed by atoms with van der Waals surface area (Å²) in [5.41, 5.74) is 5.22. The van der Waals surface area contributed by atoms with E-state index >= 15 is 0 Å². The third kappa shape index (κ3) is 4.39. The second kappa shape index (κ2) is 10.4. The van der Waals surface area contributed by atoms with E-state index in [0.717, 1.165) is 0 Å². The van der Waals surface area contributed by atoms with E-state index in [1.807, 2.05) is 11.8 Å². The molecule has 0 heterocycles. The van der Waals surface area contributed by atoms with Gasteiger partial charge in [-0.15, -0.1) is 11.8 Å². The number of benzene rings is 8. The van der Waals surface area contributed by atoms with Gasteiger partial charge in [-0.2, -0.15) is 0 Å². The molecule has 0 saturated heterocycles. The zero-order chi connectivity index (χ0) is 30.0. The van der Waals surface area contributed by atoms with E-state index < -0.39 is 10.0 Å². The van der Waals surface area contributed by atoms with Gasteiger partial charge >= 0.3 is 0 Å². The van der Waals surface area contributed by atoms with E-state index in [1.165, 1.54) is 85.9 Å². The van der Waals surface area contributed by atoms with Gasteiger partial charge in [0.2, 0.25) is 0 Å². The highest BCUT2D eigenvalue weighted by Gasteiger charge is 2.21. The lowest BCUT2D eigenvalue weighted by Gasteiger charge is -2.27. The molecule has 0 radical (unpaired) electrons. The number of thioether (sulfide) groups is 1. The van der Waals surface area contributed by atoms with Crippen LogP contribution in [0.15, 0.2) is 143 Å². The fourth-order valence-corrected chi connectivity index (χ4v) is 8.29. The van der Waals surface area contributed by atoms with E-state index in [9.17, 15) is 0 Å². The monoisotopic (exact) mass is 602 g/mol. The van der Waals surface area contributed by atoms with Crippen LogP contribution in [-0.2, 0) is 0 Å². The molecule has 44 heavy (non-hydrogen) atoms. The smallest absolute Gasteiger partial charge is 0.00757 e. The molecule has 0 aliphatic carbocycles. The number of fused-ring (bicyclic) bond motifs is 6. The van der Waals surface area contributed by atoms with Gasteiger partial charge in [-0.1, -0.05) is 97.1 Å². The third-order valence-corrected chi connectivity index (χ3v) is 11.5. The van der Waals surface area contributed by atoms with E-state index in [2.05, 4.69) is 158 Å². The first-order chi connectivity index (χ1) is 21.4. The molecule has 0 fully saturated rings. The van der Waals surface area contributed by atoms with Crippen molar-refractivity contribution in [2.45, 2.75) is 9.79 Å². The predicted molar refractivity (Wildman–Crippen MR) is 200 cm³/mol. The zero-order valence-corrected chi connectivity index (χ0v) is 27.2. The summed E-state index contributed by atoms with van der Waals surface area (Å²) in [5.74, 6) is 0. The number of hydrogen-bond donors (Lipinski definition) is 0. The minimum absolute atomic E-state index is 0.936. The Balaban J connectivity index is 1.60. The predicted octanol–water partition coefficient (Wildman–Crippen LogP) is 12.6. The molecule has 0 spiro atoms.